The third-order valence-electron chi connectivity index (χ3n) is 2.10. The second-order valence-electron chi connectivity index (χ2n) is 3.04. The van der Waals surface area contributed by atoms with Crippen LogP contribution < -0.4 is 5.73 Å². The highest BCUT2D eigenvalue weighted by atomic mass is 32.1. The predicted molar refractivity (Wildman–Crippen MR) is 65.1 cm³/mol. The van der Waals surface area contributed by atoms with E-state index in [-0.39, 0.29) is 0 Å². The number of nitrogens with two attached hydrogens (primary N) is 1. The molecule has 2 heterocycles. The molecule has 0 fully saturated rings. The van der Waals surface area contributed by atoms with Crippen molar-refractivity contribution in [2.45, 2.75) is 0 Å². The molecule has 15 heavy (non-hydrogen) atoms. The maximum absolute atomic E-state index is 5.70. The maximum Gasteiger partial charge on any atom is 0.181 e. The largest absolute Gasteiger partial charge is 0.375 e. The summed E-state index contributed by atoms with van der Waals surface area (Å²) in [5.41, 5.74) is 7.72. The molecule has 0 spiro atoms. The number of anilines is 1. The Hall–Kier alpha value is -1.46. The molecular formula is C10H7N3S2. The Balaban J connectivity index is 2.35. The molecule has 2 N–H and O–H groups in total. The predicted octanol–water partition coefficient (Wildman–Crippen LogP) is 3.00. The number of thiazole rings is 2. The van der Waals surface area contributed by atoms with Crippen LogP contribution in [0.5, 0.6) is 0 Å². The molecule has 0 aliphatic carbocycles. The summed E-state index contributed by atoms with van der Waals surface area (Å²) in [6, 6.07) is 6.07. The van der Waals surface area contributed by atoms with Crippen LogP contribution in [0.1, 0.15) is 0 Å². The van der Waals surface area contributed by atoms with Crippen LogP contribution in [-0.2, 0) is 0 Å². The second kappa shape index (κ2) is 3.29. The molecular weight excluding hydrogens is 226 g/mol. The number of nitrogens with zero attached hydrogens (tertiary/aromatic N) is 2. The van der Waals surface area contributed by atoms with E-state index in [2.05, 4.69) is 9.97 Å². The van der Waals surface area contributed by atoms with Crippen LogP contribution in [-0.4, -0.2) is 9.97 Å². The lowest BCUT2D eigenvalue weighted by molar-refractivity contribution is 1.41. The van der Waals surface area contributed by atoms with Crippen LogP contribution in [0.15, 0.2) is 29.8 Å². The average molecular weight is 233 g/mol. The average Bonchev–Trinajstić information content (AvgIpc) is 2.82. The van der Waals surface area contributed by atoms with Crippen LogP contribution in [0.4, 0.5) is 5.13 Å². The Kier molecular flexibility index (Phi) is 1.93. The Morgan fingerprint density at radius 2 is 2.20 bits per heavy atom. The Labute approximate surface area is 94.2 Å². The summed E-state index contributed by atoms with van der Waals surface area (Å²) in [5, 5.41) is 3.56. The monoisotopic (exact) mass is 233 g/mol. The fraction of sp³-hybridized carbons (Fsp3) is 0. The fourth-order valence-electron chi connectivity index (χ4n) is 1.49. The molecule has 0 atom stereocenters. The van der Waals surface area contributed by atoms with E-state index in [1.54, 1.807) is 17.5 Å². The molecule has 74 valence electrons. The molecule has 0 bridgehead atoms. The quantitative estimate of drug-likeness (QED) is 0.703. The number of nitrogen functional groups attached to an aromatic ring is 1. The molecule has 0 aliphatic heterocycles. The highest BCUT2D eigenvalue weighted by Gasteiger charge is 2.09. The van der Waals surface area contributed by atoms with Crippen LogP contribution in [0, 0.1) is 0 Å². The first-order chi connectivity index (χ1) is 7.34. The van der Waals surface area contributed by atoms with Crippen molar-refractivity contribution in [3.63, 3.8) is 0 Å². The summed E-state index contributed by atoms with van der Waals surface area (Å²) >= 11 is 3.12. The zero-order chi connectivity index (χ0) is 10.3. The van der Waals surface area contributed by atoms with Crippen LogP contribution in [0.2, 0.25) is 0 Å². The molecule has 3 aromatic rings. The molecule has 0 saturated carbocycles. The van der Waals surface area contributed by atoms with Crippen LogP contribution >= 0.6 is 22.7 Å². The normalized spacial score (nSPS) is 10.9. The van der Waals surface area contributed by atoms with E-state index in [4.69, 9.17) is 5.73 Å². The minimum Gasteiger partial charge on any atom is -0.375 e. The summed E-state index contributed by atoms with van der Waals surface area (Å²) < 4.78 is 1.11. The molecule has 0 amide bonds. The SMILES string of the molecule is Nc1nc2c(-c3nccs3)cccc2s1. The number of para-hydroxylation sites is 1. The molecule has 0 saturated heterocycles. The number of aromatic nitrogens is 2. The van der Waals surface area contributed by atoms with Crippen molar-refractivity contribution >= 4 is 38.0 Å². The minimum absolute atomic E-state index is 0.606. The summed E-state index contributed by atoms with van der Waals surface area (Å²) in [5.74, 6) is 0. The van der Waals surface area contributed by atoms with Gasteiger partial charge in [0, 0.05) is 17.1 Å². The Bertz CT molecular complexity index is 598. The van der Waals surface area contributed by atoms with E-state index in [0.717, 1.165) is 20.8 Å². The fourth-order valence-corrected chi connectivity index (χ4v) is 2.92. The van der Waals surface area contributed by atoms with Gasteiger partial charge in [0.15, 0.2) is 5.13 Å². The van der Waals surface area contributed by atoms with E-state index in [1.807, 2.05) is 23.6 Å². The van der Waals surface area contributed by atoms with Gasteiger partial charge in [0.1, 0.15) is 5.01 Å². The molecule has 5 heteroatoms. The smallest absolute Gasteiger partial charge is 0.181 e. The van der Waals surface area contributed by atoms with Crippen molar-refractivity contribution in [2.75, 3.05) is 5.73 Å². The van der Waals surface area contributed by atoms with Crippen molar-refractivity contribution in [3.8, 4) is 10.6 Å². The van der Waals surface area contributed by atoms with E-state index in [1.165, 1.54) is 11.3 Å². The van der Waals surface area contributed by atoms with E-state index in [0.29, 0.717) is 5.13 Å². The van der Waals surface area contributed by atoms with Gasteiger partial charge in [-0.25, -0.2) is 9.97 Å². The molecule has 3 rings (SSSR count). The van der Waals surface area contributed by atoms with Gasteiger partial charge in [-0.1, -0.05) is 17.4 Å². The highest BCUT2D eigenvalue weighted by Crippen LogP contribution is 2.33. The van der Waals surface area contributed by atoms with Gasteiger partial charge < -0.3 is 5.73 Å². The second-order valence-corrected chi connectivity index (χ2v) is 5.00. The zero-order valence-electron chi connectivity index (χ0n) is 7.68. The molecule has 0 aliphatic rings. The van der Waals surface area contributed by atoms with E-state index >= 15 is 0 Å². The van der Waals surface area contributed by atoms with Crippen molar-refractivity contribution in [3.05, 3.63) is 29.8 Å². The number of fused-ring (bicyclic) bond motifs is 1. The van der Waals surface area contributed by atoms with Gasteiger partial charge in [-0.05, 0) is 12.1 Å². The maximum atomic E-state index is 5.70. The van der Waals surface area contributed by atoms with Gasteiger partial charge in [0.2, 0.25) is 0 Å². The van der Waals surface area contributed by atoms with Crippen molar-refractivity contribution in [2.24, 2.45) is 0 Å². The molecule has 3 nitrogen and oxygen atoms in total. The van der Waals surface area contributed by atoms with Gasteiger partial charge in [0.05, 0.1) is 10.2 Å². The third-order valence-corrected chi connectivity index (χ3v) is 3.75. The Morgan fingerprint density at radius 3 is 3.00 bits per heavy atom. The molecule has 0 unspecified atom stereocenters. The van der Waals surface area contributed by atoms with Crippen LogP contribution in [0.3, 0.4) is 0 Å². The van der Waals surface area contributed by atoms with Crippen molar-refractivity contribution in [1.29, 1.82) is 0 Å². The summed E-state index contributed by atoms with van der Waals surface area (Å²) in [6.07, 6.45) is 1.80. The number of rotatable bonds is 1. The minimum atomic E-state index is 0.606. The van der Waals surface area contributed by atoms with E-state index in [9.17, 15) is 0 Å². The van der Waals surface area contributed by atoms with Gasteiger partial charge in [0.25, 0.3) is 0 Å². The van der Waals surface area contributed by atoms with Gasteiger partial charge in [-0.3, -0.25) is 0 Å². The Morgan fingerprint density at radius 1 is 1.27 bits per heavy atom. The summed E-state index contributed by atoms with van der Waals surface area (Å²) in [4.78, 5) is 8.62. The molecule has 0 radical (unpaired) electrons. The lowest BCUT2D eigenvalue weighted by Crippen LogP contribution is -1.82. The van der Waals surface area contributed by atoms with Gasteiger partial charge in [-0.15, -0.1) is 11.3 Å². The third kappa shape index (κ3) is 1.40. The number of benzene rings is 1. The topological polar surface area (TPSA) is 51.8 Å². The van der Waals surface area contributed by atoms with Crippen molar-refractivity contribution < 1.29 is 0 Å². The molecule has 2 aromatic heterocycles. The molecule has 1 aromatic carbocycles. The summed E-state index contributed by atoms with van der Waals surface area (Å²) in [6.45, 7) is 0. The van der Waals surface area contributed by atoms with E-state index < -0.39 is 0 Å². The first-order valence-corrected chi connectivity index (χ1v) is 6.09. The number of hydrogen-bond donors (Lipinski definition) is 1. The highest BCUT2D eigenvalue weighted by molar-refractivity contribution is 7.22. The zero-order valence-corrected chi connectivity index (χ0v) is 9.31. The van der Waals surface area contributed by atoms with Crippen molar-refractivity contribution in [1.82, 2.24) is 9.97 Å². The first kappa shape index (κ1) is 8.82. The lowest BCUT2D eigenvalue weighted by atomic mass is 10.2. The van der Waals surface area contributed by atoms with Crippen LogP contribution in [0.25, 0.3) is 20.8 Å². The van der Waals surface area contributed by atoms with Gasteiger partial charge >= 0.3 is 0 Å². The van der Waals surface area contributed by atoms with Gasteiger partial charge in [-0.2, -0.15) is 0 Å². The summed E-state index contributed by atoms with van der Waals surface area (Å²) in [7, 11) is 0. The first-order valence-electron chi connectivity index (χ1n) is 4.39. The number of hydrogen-bond acceptors (Lipinski definition) is 5. The standard InChI is InChI=1S/C10H7N3S2/c11-10-13-8-6(9-12-4-5-14-9)2-1-3-7(8)15-10/h1-5H,(H2,11,13). The lowest BCUT2D eigenvalue weighted by Gasteiger charge is -1.96.